The number of hydrogen-bond donors (Lipinski definition) is 8. The fourth-order valence-electron chi connectivity index (χ4n) is 6.42. The zero-order valence-corrected chi connectivity index (χ0v) is 27.3. The Morgan fingerprint density at radius 2 is 1.60 bits per heavy atom. The van der Waals surface area contributed by atoms with Crippen LogP contribution in [0.4, 0.5) is 0 Å². The van der Waals surface area contributed by atoms with E-state index in [1.165, 1.54) is 0 Å². The third-order valence-electron chi connectivity index (χ3n) is 9.18. The molecule has 45 heavy (non-hydrogen) atoms. The third-order valence-corrected chi connectivity index (χ3v) is 9.50. The summed E-state index contributed by atoms with van der Waals surface area (Å²) in [4.78, 5) is 43.7. The molecule has 1 amide bonds. The van der Waals surface area contributed by atoms with Crippen LogP contribution in [0.25, 0.3) is 18.2 Å². The van der Waals surface area contributed by atoms with Gasteiger partial charge in [0.15, 0.2) is 5.88 Å². The average molecular weight is 639 g/mol. The van der Waals surface area contributed by atoms with Gasteiger partial charge in [-0.2, -0.15) is 22.4 Å². The molecule has 3 aromatic rings. The van der Waals surface area contributed by atoms with Crippen molar-refractivity contribution in [2.24, 2.45) is 11.8 Å². The van der Waals surface area contributed by atoms with Gasteiger partial charge in [0.25, 0.3) is 0 Å². The minimum absolute atomic E-state index is 0.0426. The normalized spacial score (nSPS) is 21.6. The second kappa shape index (κ2) is 12.6. The van der Waals surface area contributed by atoms with E-state index in [2.05, 4.69) is 32.9 Å². The predicted octanol–water partition coefficient (Wildman–Crippen LogP) is 3.12. The van der Waals surface area contributed by atoms with Gasteiger partial charge in [-0.3, -0.25) is 9.59 Å². The van der Waals surface area contributed by atoms with Gasteiger partial charge < -0.3 is 35.6 Å². The van der Waals surface area contributed by atoms with Crippen molar-refractivity contribution >= 4 is 42.7 Å². The number of aromatic amines is 3. The lowest BCUT2D eigenvalue weighted by Crippen LogP contribution is -2.19. The van der Waals surface area contributed by atoms with E-state index < -0.39 is 11.9 Å². The zero-order chi connectivity index (χ0) is 32.8. The van der Waals surface area contributed by atoms with Crippen molar-refractivity contribution in [3.05, 3.63) is 66.9 Å². The van der Waals surface area contributed by atoms with Crippen molar-refractivity contribution < 1.29 is 34.7 Å². The molecule has 3 atom stereocenters. The number of allylic oxidation sites excluding steroid dienone is 1. The molecule has 0 saturated carbocycles. The van der Waals surface area contributed by atoms with E-state index in [4.69, 9.17) is 9.78 Å². The van der Waals surface area contributed by atoms with Gasteiger partial charge >= 0.3 is 11.9 Å². The van der Waals surface area contributed by atoms with Crippen molar-refractivity contribution in [1.82, 2.24) is 20.3 Å². The summed E-state index contributed by atoms with van der Waals surface area (Å²) in [5, 5.41) is 34.6. The molecule has 12 heteroatoms. The number of aromatic nitrogens is 3. The number of aliphatic hydroxyl groups is 1. The first kappa shape index (κ1) is 32.7. The zero-order valence-electron chi connectivity index (χ0n) is 26.4. The second-order valence-corrected chi connectivity index (χ2v) is 13.0. The van der Waals surface area contributed by atoms with E-state index in [1.807, 2.05) is 59.8 Å². The number of carbonyl (C=O) groups is 2. The number of carbonyl (C=O) groups excluding carboxylic acids is 1. The van der Waals surface area contributed by atoms with E-state index in [9.17, 15) is 24.9 Å². The van der Waals surface area contributed by atoms with Crippen LogP contribution in [0, 0.1) is 32.6 Å². The highest BCUT2D eigenvalue weighted by molar-refractivity contribution is 7.80. The SMILES string of the molecule is CCc1c(O)[nH]c(/C=c2/[nH]/c(=C\c3[nH]c(/C=C4\NC(=O)[C@H](C)[C@H]4[C@@H](C)S)c(C)c3CCC3(O)OO3)c(CCC(=O)O)c2C)c1C. The Morgan fingerprint density at radius 1 is 0.956 bits per heavy atom. The van der Waals surface area contributed by atoms with Crippen LogP contribution in [0.15, 0.2) is 5.70 Å². The van der Waals surface area contributed by atoms with Gasteiger partial charge in [-0.05, 0) is 86.1 Å². The predicted molar refractivity (Wildman–Crippen MR) is 173 cm³/mol. The molecular weight excluding hydrogens is 596 g/mol. The molecular formula is C33H42N4O7S. The fraction of sp³-hybridized carbons (Fsp3) is 0.455. The van der Waals surface area contributed by atoms with Gasteiger partial charge in [0.2, 0.25) is 5.91 Å². The highest BCUT2D eigenvalue weighted by Gasteiger charge is 2.46. The van der Waals surface area contributed by atoms with Crippen LogP contribution in [0.2, 0.25) is 0 Å². The molecule has 0 aliphatic carbocycles. The molecule has 3 aromatic heterocycles. The molecule has 2 fully saturated rings. The maximum absolute atomic E-state index is 12.6. The van der Waals surface area contributed by atoms with Crippen molar-refractivity contribution in [3.8, 4) is 5.88 Å². The summed E-state index contributed by atoms with van der Waals surface area (Å²) in [6.07, 6.45) is 7.41. The molecule has 2 aliphatic rings. The quantitative estimate of drug-likeness (QED) is 0.0903. The molecule has 7 N–H and O–H groups in total. The molecule has 2 saturated heterocycles. The highest BCUT2D eigenvalue weighted by Crippen LogP contribution is 2.36. The summed E-state index contributed by atoms with van der Waals surface area (Å²) in [5.74, 6) is -2.70. The number of thiol groups is 1. The average Bonchev–Trinajstić information content (AvgIpc) is 3.25. The number of aromatic hydroxyl groups is 1. The van der Waals surface area contributed by atoms with E-state index in [0.29, 0.717) is 19.3 Å². The smallest absolute Gasteiger partial charge is 0.338 e. The van der Waals surface area contributed by atoms with Crippen LogP contribution in [-0.4, -0.2) is 53.4 Å². The minimum atomic E-state index is -1.62. The molecule has 0 aromatic carbocycles. The van der Waals surface area contributed by atoms with Gasteiger partial charge in [-0.25, -0.2) is 0 Å². The number of aliphatic carboxylic acids is 1. The maximum atomic E-state index is 12.6. The van der Waals surface area contributed by atoms with Crippen LogP contribution in [0.5, 0.6) is 5.88 Å². The van der Waals surface area contributed by atoms with Crippen LogP contribution >= 0.6 is 12.6 Å². The number of rotatable bonds is 11. The lowest BCUT2D eigenvalue weighted by Gasteiger charge is -2.17. The Bertz CT molecular complexity index is 1790. The van der Waals surface area contributed by atoms with E-state index in [0.717, 1.165) is 66.9 Å². The first-order valence-corrected chi connectivity index (χ1v) is 15.8. The Labute approximate surface area is 266 Å². The minimum Gasteiger partial charge on any atom is -0.494 e. The number of carboxylic acid groups (broad SMARTS) is 1. The molecule has 0 spiro atoms. The topological polar surface area (TPSA) is 179 Å². The molecule has 0 radical (unpaired) electrons. The van der Waals surface area contributed by atoms with Gasteiger partial charge in [0, 0.05) is 69.0 Å². The Hall–Kier alpha value is -3.71. The van der Waals surface area contributed by atoms with E-state index in [1.54, 1.807) is 0 Å². The first-order chi connectivity index (χ1) is 21.2. The first-order valence-electron chi connectivity index (χ1n) is 15.3. The van der Waals surface area contributed by atoms with Crippen LogP contribution in [0.1, 0.15) is 84.1 Å². The van der Waals surface area contributed by atoms with Gasteiger partial charge in [-0.1, -0.05) is 20.8 Å². The summed E-state index contributed by atoms with van der Waals surface area (Å²) in [6, 6.07) is 0. The number of nitrogens with one attached hydrogen (secondary N) is 4. The van der Waals surface area contributed by atoms with Crippen LogP contribution in [0.3, 0.4) is 0 Å². The summed E-state index contributed by atoms with van der Waals surface area (Å²) < 4.78 is 0. The van der Waals surface area contributed by atoms with Gasteiger partial charge in [0.1, 0.15) is 0 Å². The van der Waals surface area contributed by atoms with Crippen molar-refractivity contribution in [1.29, 1.82) is 0 Å². The molecule has 5 heterocycles. The van der Waals surface area contributed by atoms with Crippen molar-refractivity contribution in [2.45, 2.75) is 84.9 Å². The fourth-order valence-corrected chi connectivity index (χ4v) is 6.84. The molecule has 2 aliphatic heterocycles. The van der Waals surface area contributed by atoms with Gasteiger partial charge in [-0.15, -0.1) is 0 Å². The third kappa shape index (κ3) is 6.64. The Balaban J connectivity index is 1.66. The molecule has 11 nitrogen and oxygen atoms in total. The van der Waals surface area contributed by atoms with Crippen LogP contribution < -0.4 is 16.0 Å². The summed E-state index contributed by atoms with van der Waals surface area (Å²) in [6.45, 7) is 11.7. The molecule has 0 bridgehead atoms. The van der Waals surface area contributed by atoms with Gasteiger partial charge in [0.05, 0.1) is 0 Å². The summed E-state index contributed by atoms with van der Waals surface area (Å²) in [7, 11) is 0. The molecule has 242 valence electrons. The summed E-state index contributed by atoms with van der Waals surface area (Å²) >= 11 is 4.65. The molecule has 0 unspecified atom stereocenters. The summed E-state index contributed by atoms with van der Waals surface area (Å²) in [5.41, 5.74) is 8.55. The molecule has 5 rings (SSSR count). The Kier molecular flexibility index (Phi) is 9.14. The largest absolute Gasteiger partial charge is 0.494 e. The van der Waals surface area contributed by atoms with Crippen molar-refractivity contribution in [2.75, 3.05) is 0 Å². The lowest BCUT2D eigenvalue weighted by atomic mass is 9.91. The highest BCUT2D eigenvalue weighted by atomic mass is 32.1. The Morgan fingerprint density at radius 3 is 2.20 bits per heavy atom. The van der Waals surface area contributed by atoms with E-state index >= 15 is 0 Å². The maximum Gasteiger partial charge on any atom is 0.338 e. The standard InChI is InChI=1S/C33H42N4O7S/c1-7-20-15(2)25(36-32(20)41)12-23-16(3)21(8-9-29(38)39)26(34-23)14-27-22(10-11-33(42)43-44-33)17(4)24(35-27)13-28-30(19(6)45)18(5)31(40)37-28/h12-14,18-19,30,34-36,41-42,45H,7-11H2,1-6H3,(H,37,40)(H,38,39)/b23-12+,26-14-,28-13-/t18-,19-,30+/m1/s1. The monoisotopic (exact) mass is 638 g/mol. The van der Waals surface area contributed by atoms with Crippen LogP contribution in [-0.2, 0) is 38.6 Å². The second-order valence-electron chi connectivity index (χ2n) is 12.2. The number of amides is 1. The number of H-pyrrole nitrogens is 3. The number of hydrogen-bond acceptors (Lipinski definition) is 7. The van der Waals surface area contributed by atoms with E-state index in [-0.39, 0.29) is 41.7 Å². The van der Waals surface area contributed by atoms with Crippen molar-refractivity contribution in [3.63, 3.8) is 0 Å². The number of carboxylic acids is 1. The lowest BCUT2D eigenvalue weighted by molar-refractivity contribution is -0.137.